The molecule has 0 bridgehead atoms. The summed E-state index contributed by atoms with van der Waals surface area (Å²) >= 11 is 3.23. The lowest BCUT2D eigenvalue weighted by atomic mass is 9.90. The molecule has 0 saturated carbocycles. The van der Waals surface area contributed by atoms with E-state index in [2.05, 4.69) is 15.9 Å². The second-order valence-corrected chi connectivity index (χ2v) is 7.36. The SMILES string of the molecule is O=C(OCc1ccc(Br)cc1F)c1c2c(nc3ccccc13)CCCC2. The van der Waals surface area contributed by atoms with Gasteiger partial charge in [-0.2, -0.15) is 0 Å². The number of para-hydroxylation sites is 1. The molecule has 1 aliphatic carbocycles. The molecule has 0 N–H and O–H groups in total. The Kier molecular flexibility index (Phi) is 4.72. The third kappa shape index (κ3) is 3.23. The van der Waals surface area contributed by atoms with E-state index in [0.29, 0.717) is 15.6 Å². The summed E-state index contributed by atoms with van der Waals surface area (Å²) in [7, 11) is 0. The molecule has 5 heteroatoms. The van der Waals surface area contributed by atoms with E-state index in [1.165, 1.54) is 6.07 Å². The van der Waals surface area contributed by atoms with Crippen molar-refractivity contribution in [1.29, 1.82) is 0 Å². The van der Waals surface area contributed by atoms with Crippen molar-refractivity contribution in [1.82, 2.24) is 4.98 Å². The van der Waals surface area contributed by atoms with Crippen LogP contribution in [0.1, 0.15) is 40.0 Å². The van der Waals surface area contributed by atoms with Gasteiger partial charge in [-0.15, -0.1) is 0 Å². The van der Waals surface area contributed by atoms with Crippen LogP contribution in [0.15, 0.2) is 46.9 Å². The topological polar surface area (TPSA) is 39.2 Å². The average molecular weight is 414 g/mol. The number of benzene rings is 2. The number of fused-ring (bicyclic) bond motifs is 2. The molecule has 0 unspecified atom stereocenters. The number of rotatable bonds is 3. The Hall–Kier alpha value is -2.27. The van der Waals surface area contributed by atoms with Crippen LogP contribution in [0.2, 0.25) is 0 Å². The number of carbonyl (C=O) groups excluding carboxylic acids is 1. The Morgan fingerprint density at radius 3 is 2.81 bits per heavy atom. The Morgan fingerprint density at radius 1 is 1.15 bits per heavy atom. The van der Waals surface area contributed by atoms with Gasteiger partial charge in [-0.1, -0.05) is 40.2 Å². The van der Waals surface area contributed by atoms with E-state index in [1.54, 1.807) is 12.1 Å². The van der Waals surface area contributed by atoms with Crippen molar-refractivity contribution >= 4 is 32.8 Å². The first-order chi connectivity index (χ1) is 12.6. The molecule has 1 aliphatic rings. The summed E-state index contributed by atoms with van der Waals surface area (Å²) in [5.74, 6) is -0.808. The summed E-state index contributed by atoms with van der Waals surface area (Å²) in [6.45, 7) is -0.0939. The van der Waals surface area contributed by atoms with Crippen LogP contribution in [0.3, 0.4) is 0 Å². The van der Waals surface area contributed by atoms with Crippen molar-refractivity contribution in [3.8, 4) is 0 Å². The number of hydrogen-bond donors (Lipinski definition) is 0. The van der Waals surface area contributed by atoms with E-state index in [1.807, 2.05) is 24.3 Å². The second kappa shape index (κ2) is 7.16. The lowest BCUT2D eigenvalue weighted by molar-refractivity contribution is 0.0469. The molecule has 0 radical (unpaired) electrons. The summed E-state index contributed by atoms with van der Waals surface area (Å²) in [6, 6.07) is 12.3. The highest BCUT2D eigenvalue weighted by Gasteiger charge is 2.23. The Labute approximate surface area is 159 Å². The van der Waals surface area contributed by atoms with Crippen molar-refractivity contribution in [2.45, 2.75) is 32.3 Å². The molecule has 0 amide bonds. The number of esters is 1. The van der Waals surface area contributed by atoms with Gasteiger partial charge >= 0.3 is 5.97 Å². The highest BCUT2D eigenvalue weighted by atomic mass is 79.9. The first kappa shape index (κ1) is 17.2. The number of ether oxygens (including phenoxy) is 1. The number of nitrogens with zero attached hydrogens (tertiary/aromatic N) is 1. The van der Waals surface area contributed by atoms with E-state index in [-0.39, 0.29) is 6.61 Å². The van der Waals surface area contributed by atoms with Gasteiger partial charge in [0.05, 0.1) is 11.1 Å². The summed E-state index contributed by atoms with van der Waals surface area (Å²) in [6.07, 6.45) is 3.82. The minimum atomic E-state index is -0.413. The van der Waals surface area contributed by atoms with Gasteiger partial charge in [-0.25, -0.2) is 9.18 Å². The maximum absolute atomic E-state index is 14.0. The highest BCUT2D eigenvalue weighted by Crippen LogP contribution is 2.30. The van der Waals surface area contributed by atoms with Gasteiger partial charge in [0.15, 0.2) is 0 Å². The maximum atomic E-state index is 14.0. The lowest BCUT2D eigenvalue weighted by Crippen LogP contribution is -2.15. The predicted octanol–water partition coefficient (Wildman–Crippen LogP) is 5.37. The third-order valence-corrected chi connectivity index (χ3v) is 5.24. The summed E-state index contributed by atoms with van der Waals surface area (Å²) < 4.78 is 20.1. The largest absolute Gasteiger partial charge is 0.457 e. The van der Waals surface area contributed by atoms with E-state index in [0.717, 1.165) is 47.8 Å². The third-order valence-electron chi connectivity index (χ3n) is 4.75. The molecule has 1 aromatic heterocycles. The van der Waals surface area contributed by atoms with Gasteiger partial charge in [0.1, 0.15) is 12.4 Å². The second-order valence-electron chi connectivity index (χ2n) is 6.45. The number of aromatic nitrogens is 1. The molecule has 132 valence electrons. The maximum Gasteiger partial charge on any atom is 0.339 e. The molecule has 26 heavy (non-hydrogen) atoms. The standard InChI is InChI=1S/C21H17BrFNO2/c22-14-10-9-13(17(23)11-14)12-26-21(25)20-15-5-1-3-7-18(15)24-19-8-4-2-6-16(19)20/h1,3,5,7,9-11H,2,4,6,8,12H2. The Bertz CT molecular complexity index is 1000. The quantitative estimate of drug-likeness (QED) is 0.541. The molecule has 0 spiro atoms. The summed E-state index contributed by atoms with van der Waals surface area (Å²) in [5.41, 5.74) is 3.71. The summed E-state index contributed by atoms with van der Waals surface area (Å²) in [4.78, 5) is 17.6. The number of halogens is 2. The van der Waals surface area contributed by atoms with Crippen molar-refractivity contribution in [3.63, 3.8) is 0 Å². The van der Waals surface area contributed by atoms with Crippen LogP contribution in [-0.4, -0.2) is 11.0 Å². The molecule has 0 aliphatic heterocycles. The molecule has 0 saturated heterocycles. The molecule has 1 heterocycles. The monoisotopic (exact) mass is 413 g/mol. The van der Waals surface area contributed by atoms with Crippen molar-refractivity contribution in [3.05, 3.63) is 75.1 Å². The fraction of sp³-hybridized carbons (Fsp3) is 0.238. The number of hydrogen-bond acceptors (Lipinski definition) is 3. The first-order valence-electron chi connectivity index (χ1n) is 8.65. The zero-order valence-electron chi connectivity index (χ0n) is 14.1. The number of pyridine rings is 1. The molecule has 3 nitrogen and oxygen atoms in total. The van der Waals surface area contributed by atoms with Gasteiger partial charge < -0.3 is 4.74 Å². The van der Waals surface area contributed by atoms with Gasteiger partial charge in [-0.3, -0.25) is 4.98 Å². The molecular formula is C21H17BrFNO2. The minimum Gasteiger partial charge on any atom is -0.457 e. The zero-order chi connectivity index (χ0) is 18.1. The van der Waals surface area contributed by atoms with Gasteiger partial charge in [0, 0.05) is 21.1 Å². The predicted molar refractivity (Wildman–Crippen MR) is 102 cm³/mol. The van der Waals surface area contributed by atoms with Crippen LogP contribution in [0.25, 0.3) is 10.9 Å². The van der Waals surface area contributed by atoms with E-state index < -0.39 is 11.8 Å². The fourth-order valence-corrected chi connectivity index (χ4v) is 3.79. The zero-order valence-corrected chi connectivity index (χ0v) is 15.7. The molecule has 3 aromatic rings. The normalized spacial score (nSPS) is 13.5. The molecule has 4 rings (SSSR count). The smallest absolute Gasteiger partial charge is 0.339 e. The molecular weight excluding hydrogens is 397 g/mol. The van der Waals surface area contributed by atoms with Crippen LogP contribution in [-0.2, 0) is 24.2 Å². The van der Waals surface area contributed by atoms with Gasteiger partial charge in [0.2, 0.25) is 0 Å². The van der Waals surface area contributed by atoms with E-state index in [9.17, 15) is 9.18 Å². The number of aryl methyl sites for hydroxylation is 1. The van der Waals surface area contributed by atoms with Crippen molar-refractivity contribution < 1.29 is 13.9 Å². The number of carbonyl (C=O) groups is 1. The van der Waals surface area contributed by atoms with E-state index >= 15 is 0 Å². The Morgan fingerprint density at radius 2 is 1.96 bits per heavy atom. The van der Waals surface area contributed by atoms with Crippen molar-refractivity contribution in [2.24, 2.45) is 0 Å². The summed E-state index contributed by atoms with van der Waals surface area (Å²) in [5, 5.41) is 0.800. The van der Waals surface area contributed by atoms with Crippen LogP contribution in [0.5, 0.6) is 0 Å². The highest BCUT2D eigenvalue weighted by molar-refractivity contribution is 9.10. The van der Waals surface area contributed by atoms with Crippen LogP contribution < -0.4 is 0 Å². The molecule has 0 fully saturated rings. The van der Waals surface area contributed by atoms with Gasteiger partial charge in [0.25, 0.3) is 0 Å². The van der Waals surface area contributed by atoms with Crippen LogP contribution in [0.4, 0.5) is 4.39 Å². The van der Waals surface area contributed by atoms with E-state index in [4.69, 9.17) is 9.72 Å². The molecule has 2 aromatic carbocycles. The van der Waals surface area contributed by atoms with Crippen LogP contribution in [0, 0.1) is 5.82 Å². The first-order valence-corrected chi connectivity index (χ1v) is 9.44. The van der Waals surface area contributed by atoms with Crippen molar-refractivity contribution in [2.75, 3.05) is 0 Å². The minimum absolute atomic E-state index is 0.0939. The lowest BCUT2D eigenvalue weighted by Gasteiger charge is -2.20. The average Bonchev–Trinajstić information content (AvgIpc) is 2.65. The van der Waals surface area contributed by atoms with Gasteiger partial charge in [-0.05, 0) is 49.4 Å². The Balaban J connectivity index is 1.70. The molecule has 0 atom stereocenters. The van der Waals surface area contributed by atoms with Crippen LogP contribution >= 0.6 is 15.9 Å². The fourth-order valence-electron chi connectivity index (χ4n) is 3.46.